The smallest absolute Gasteiger partial charge is 0.206 e. The lowest BCUT2D eigenvalue weighted by Crippen LogP contribution is -2.04. The monoisotopic (exact) mass is 726 g/mol. The van der Waals surface area contributed by atoms with Gasteiger partial charge >= 0.3 is 0 Å². The molecular formula is C39H34O8S3. The number of aryl methyl sites for hydroxylation is 1. The lowest BCUT2D eigenvalue weighted by atomic mass is 10.1. The number of hydrogen-bond acceptors (Lipinski definition) is 8. The van der Waals surface area contributed by atoms with E-state index in [2.05, 4.69) is 6.58 Å². The van der Waals surface area contributed by atoms with Crippen LogP contribution in [-0.2, 0) is 29.5 Å². The Hall–Kier alpha value is -5.23. The van der Waals surface area contributed by atoms with Gasteiger partial charge in [-0.05, 0) is 115 Å². The third-order valence-corrected chi connectivity index (χ3v) is 12.9. The fourth-order valence-electron chi connectivity index (χ4n) is 4.88. The van der Waals surface area contributed by atoms with Crippen LogP contribution in [0.15, 0.2) is 177 Å². The average molecular weight is 727 g/mol. The summed E-state index contributed by atoms with van der Waals surface area (Å²) in [6.45, 7) is 5.62. The number of sulfone groups is 3. The summed E-state index contributed by atoms with van der Waals surface area (Å²) in [6, 6.07) is 31.0. The van der Waals surface area contributed by atoms with E-state index < -0.39 is 29.5 Å². The van der Waals surface area contributed by atoms with E-state index in [0.717, 1.165) is 5.56 Å². The molecule has 0 radical (unpaired) electrons. The van der Waals surface area contributed by atoms with Gasteiger partial charge in [-0.25, -0.2) is 25.3 Å². The Morgan fingerprint density at radius 3 is 1.42 bits per heavy atom. The van der Waals surface area contributed by atoms with Gasteiger partial charge in [0.15, 0.2) is 9.84 Å². The number of allylic oxidation sites excluding steroid dienone is 4. The third-order valence-electron chi connectivity index (χ3n) is 7.66. The molecule has 0 aliphatic heterocycles. The molecule has 0 amide bonds. The first-order chi connectivity index (χ1) is 23.8. The zero-order valence-corrected chi connectivity index (χ0v) is 29.7. The number of rotatable bonds is 13. The van der Waals surface area contributed by atoms with Crippen LogP contribution in [0.1, 0.15) is 11.1 Å². The van der Waals surface area contributed by atoms with Crippen molar-refractivity contribution in [3.05, 3.63) is 163 Å². The minimum absolute atomic E-state index is 0.0929. The molecule has 0 unspecified atom stereocenters. The Labute approximate surface area is 293 Å². The van der Waals surface area contributed by atoms with E-state index in [1.54, 1.807) is 66.8 Å². The molecule has 5 aromatic carbocycles. The molecule has 0 bridgehead atoms. The predicted molar refractivity (Wildman–Crippen MR) is 194 cm³/mol. The van der Waals surface area contributed by atoms with Crippen molar-refractivity contribution < 1.29 is 34.7 Å². The first-order valence-electron chi connectivity index (χ1n) is 15.2. The summed E-state index contributed by atoms with van der Waals surface area (Å²) in [7, 11) is -9.63. The van der Waals surface area contributed by atoms with Crippen molar-refractivity contribution in [2.45, 2.75) is 31.4 Å². The predicted octanol–water partition coefficient (Wildman–Crippen LogP) is 8.06. The molecule has 0 saturated heterocycles. The maximum atomic E-state index is 13.1. The van der Waals surface area contributed by atoms with Crippen LogP contribution in [0.25, 0.3) is 5.57 Å². The maximum absolute atomic E-state index is 13.1. The average Bonchev–Trinajstić information content (AvgIpc) is 3.12. The van der Waals surface area contributed by atoms with Crippen LogP contribution in [0, 0.1) is 6.92 Å². The summed E-state index contributed by atoms with van der Waals surface area (Å²) in [5, 5.41) is 0. The molecule has 8 nitrogen and oxygen atoms in total. The molecule has 5 aromatic rings. The highest BCUT2D eigenvalue weighted by Crippen LogP contribution is 2.29. The second kappa shape index (κ2) is 15.1. The first-order valence-corrected chi connectivity index (χ1v) is 19.9. The highest BCUT2D eigenvalue weighted by molar-refractivity contribution is 7.92. The summed E-state index contributed by atoms with van der Waals surface area (Å²) in [5.74, 6) is 1.01. The van der Waals surface area contributed by atoms with Crippen molar-refractivity contribution >= 4 is 35.1 Å². The van der Waals surface area contributed by atoms with Crippen molar-refractivity contribution in [3.8, 4) is 17.2 Å². The van der Waals surface area contributed by atoms with E-state index in [1.807, 2.05) is 6.92 Å². The van der Waals surface area contributed by atoms with Crippen molar-refractivity contribution in [2.24, 2.45) is 0 Å². The number of methoxy groups -OCH3 is 1. The molecular weight excluding hydrogens is 693 g/mol. The molecule has 0 fully saturated rings. The van der Waals surface area contributed by atoms with Gasteiger partial charge in [-0.1, -0.05) is 60.7 Å². The van der Waals surface area contributed by atoms with Gasteiger partial charge in [-0.15, -0.1) is 0 Å². The van der Waals surface area contributed by atoms with E-state index >= 15 is 0 Å². The van der Waals surface area contributed by atoms with E-state index in [4.69, 9.17) is 9.47 Å². The zero-order chi connectivity index (χ0) is 35.9. The maximum Gasteiger partial charge on any atom is 0.206 e. The van der Waals surface area contributed by atoms with Gasteiger partial charge in [0.1, 0.15) is 17.2 Å². The summed E-state index contributed by atoms with van der Waals surface area (Å²) in [4.78, 5) is 0.675. The summed E-state index contributed by atoms with van der Waals surface area (Å²) >= 11 is 0. The standard InChI is InChI=1S/C39H34O8S3/c1-4-6-30(31-10-20-37(21-11-31)49(42,43)36-18-8-29(2)9-19-36)7-5-28-48(40,41)35-22-14-33(15-23-35)47-34-16-26-39(27-17-34)50(44,45)38-24-12-32(46-3)13-25-38/h4-27H,1,28H2,2-3H3. The van der Waals surface area contributed by atoms with Gasteiger partial charge in [0.05, 0.1) is 37.3 Å². The van der Waals surface area contributed by atoms with Crippen LogP contribution in [0.5, 0.6) is 17.2 Å². The van der Waals surface area contributed by atoms with E-state index in [-0.39, 0.29) is 30.2 Å². The van der Waals surface area contributed by atoms with Gasteiger partial charge in [0, 0.05) is 0 Å². The van der Waals surface area contributed by atoms with Crippen LogP contribution in [0.3, 0.4) is 0 Å². The number of ether oxygens (including phenoxy) is 2. The number of benzene rings is 5. The molecule has 0 atom stereocenters. The van der Waals surface area contributed by atoms with Gasteiger partial charge in [-0.3, -0.25) is 0 Å². The van der Waals surface area contributed by atoms with Gasteiger partial charge < -0.3 is 9.47 Å². The Morgan fingerprint density at radius 2 is 0.980 bits per heavy atom. The van der Waals surface area contributed by atoms with Crippen molar-refractivity contribution in [3.63, 3.8) is 0 Å². The molecule has 50 heavy (non-hydrogen) atoms. The van der Waals surface area contributed by atoms with E-state index in [1.165, 1.54) is 86.0 Å². The minimum atomic E-state index is -3.74. The Bertz CT molecular complexity index is 2360. The van der Waals surface area contributed by atoms with E-state index in [9.17, 15) is 25.3 Å². The Morgan fingerprint density at radius 1 is 0.580 bits per heavy atom. The topological polar surface area (TPSA) is 121 Å². The molecule has 0 heterocycles. The Balaban J connectivity index is 1.22. The quantitative estimate of drug-likeness (QED) is 0.112. The van der Waals surface area contributed by atoms with Crippen LogP contribution in [0.4, 0.5) is 0 Å². The fraction of sp³-hybridized carbons (Fsp3) is 0.0769. The summed E-state index contributed by atoms with van der Waals surface area (Å²) < 4.78 is 89.2. The molecule has 0 spiro atoms. The molecule has 0 aliphatic carbocycles. The Kier molecular flexibility index (Phi) is 10.9. The van der Waals surface area contributed by atoms with Crippen LogP contribution in [-0.4, -0.2) is 38.1 Å². The SMILES string of the molecule is C=CC=C(C=CCS(=O)(=O)c1ccc(Oc2ccc(S(=O)(=O)c3ccc(OC)cc3)cc2)cc1)c1ccc(S(=O)(=O)c2ccc(C)cc2)cc1. The largest absolute Gasteiger partial charge is 0.497 e. The molecule has 0 aromatic heterocycles. The fourth-order valence-corrected chi connectivity index (χ4v) is 8.50. The molecule has 11 heteroatoms. The van der Waals surface area contributed by atoms with Gasteiger partial charge in [0.2, 0.25) is 19.7 Å². The second-order valence-electron chi connectivity index (χ2n) is 11.1. The normalized spacial score (nSPS) is 12.5. The van der Waals surface area contributed by atoms with Gasteiger partial charge in [0.25, 0.3) is 0 Å². The molecule has 5 rings (SSSR count). The zero-order valence-electron chi connectivity index (χ0n) is 27.3. The summed E-state index contributed by atoms with van der Waals surface area (Å²) in [6.07, 6.45) is 6.45. The van der Waals surface area contributed by atoms with Crippen LogP contribution in [0.2, 0.25) is 0 Å². The van der Waals surface area contributed by atoms with Crippen LogP contribution < -0.4 is 9.47 Å². The number of hydrogen-bond donors (Lipinski definition) is 0. The van der Waals surface area contributed by atoms with Gasteiger partial charge in [-0.2, -0.15) is 0 Å². The van der Waals surface area contributed by atoms with E-state index in [0.29, 0.717) is 28.4 Å². The summed E-state index contributed by atoms with van der Waals surface area (Å²) in [5.41, 5.74) is 2.30. The molecule has 0 saturated carbocycles. The van der Waals surface area contributed by atoms with Crippen LogP contribution >= 0.6 is 0 Å². The first kappa shape index (κ1) is 36.1. The van der Waals surface area contributed by atoms with Crippen molar-refractivity contribution in [1.29, 1.82) is 0 Å². The molecule has 256 valence electrons. The van der Waals surface area contributed by atoms with Crippen molar-refractivity contribution in [1.82, 2.24) is 0 Å². The lowest BCUT2D eigenvalue weighted by molar-refractivity contribution is 0.414. The lowest BCUT2D eigenvalue weighted by Gasteiger charge is -2.09. The minimum Gasteiger partial charge on any atom is -0.497 e. The second-order valence-corrected chi connectivity index (χ2v) is 17.0. The third kappa shape index (κ3) is 8.31. The molecule has 0 N–H and O–H groups in total. The highest BCUT2D eigenvalue weighted by atomic mass is 32.2. The highest BCUT2D eigenvalue weighted by Gasteiger charge is 2.19. The molecule has 0 aliphatic rings. The van der Waals surface area contributed by atoms with Crippen molar-refractivity contribution in [2.75, 3.05) is 12.9 Å².